The van der Waals surface area contributed by atoms with Gasteiger partial charge in [0.2, 0.25) is 5.91 Å². The molecule has 2 aromatic rings. The molecule has 1 aliphatic rings. The molecule has 0 bridgehead atoms. The van der Waals surface area contributed by atoms with Crippen molar-refractivity contribution < 1.29 is 14.7 Å². The summed E-state index contributed by atoms with van der Waals surface area (Å²) in [6.45, 7) is 1.80. The molecule has 3 rings (SSSR count). The van der Waals surface area contributed by atoms with Crippen molar-refractivity contribution >= 4 is 40.7 Å². The van der Waals surface area contributed by atoms with Crippen molar-refractivity contribution in [1.82, 2.24) is 0 Å². The number of benzene rings is 1. The van der Waals surface area contributed by atoms with Crippen molar-refractivity contribution in [1.29, 1.82) is 0 Å². The van der Waals surface area contributed by atoms with E-state index in [1.807, 2.05) is 24.3 Å². The number of carbonyl (C=O) groups is 2. The quantitative estimate of drug-likeness (QED) is 0.910. The molecule has 6 heteroatoms. The molecule has 0 saturated carbocycles. The Morgan fingerprint density at radius 2 is 2.10 bits per heavy atom. The maximum Gasteiger partial charge on any atom is 0.348 e. The number of hydrogen-bond donors (Lipinski definition) is 2. The summed E-state index contributed by atoms with van der Waals surface area (Å²) in [5.74, 6) is -1.15. The van der Waals surface area contributed by atoms with Gasteiger partial charge in [0.15, 0.2) is 0 Å². The Kier molecular flexibility index (Phi) is 3.73. The van der Waals surface area contributed by atoms with E-state index in [-0.39, 0.29) is 16.0 Å². The first kappa shape index (κ1) is 14.2. The van der Waals surface area contributed by atoms with E-state index in [0.717, 1.165) is 21.8 Å². The average molecular weight is 319 g/mol. The van der Waals surface area contributed by atoms with Gasteiger partial charge in [-0.15, -0.1) is 23.1 Å². The van der Waals surface area contributed by atoms with E-state index in [2.05, 4.69) is 5.32 Å². The highest BCUT2D eigenvalue weighted by Gasteiger charge is 2.29. The molecule has 4 nitrogen and oxygen atoms in total. The predicted molar refractivity (Wildman–Crippen MR) is 84.4 cm³/mol. The molecule has 0 fully saturated rings. The number of aryl methyl sites for hydroxylation is 1. The third-order valence-corrected chi connectivity index (χ3v) is 5.76. The Bertz CT molecular complexity index is 698. The van der Waals surface area contributed by atoms with E-state index in [1.54, 1.807) is 12.3 Å². The molecule has 0 radical (unpaired) electrons. The second-order valence-corrected chi connectivity index (χ2v) is 6.96. The van der Waals surface area contributed by atoms with Crippen molar-refractivity contribution in [2.75, 3.05) is 5.32 Å². The number of hydrogen-bond acceptors (Lipinski definition) is 4. The lowest BCUT2D eigenvalue weighted by Crippen LogP contribution is -2.25. The van der Waals surface area contributed by atoms with Gasteiger partial charge in [0.05, 0.1) is 10.9 Å². The Morgan fingerprint density at radius 1 is 1.33 bits per heavy atom. The van der Waals surface area contributed by atoms with Gasteiger partial charge in [-0.1, -0.05) is 18.2 Å². The summed E-state index contributed by atoms with van der Waals surface area (Å²) in [6, 6.07) is 7.95. The number of thioether (sulfide) groups is 1. The van der Waals surface area contributed by atoms with Crippen molar-refractivity contribution in [3.05, 3.63) is 45.6 Å². The topological polar surface area (TPSA) is 66.4 Å². The lowest BCUT2D eigenvalue weighted by atomic mass is 10.1. The molecule has 1 atom stereocenters. The molecular formula is C15H13NO3S2. The monoisotopic (exact) mass is 319 g/mol. The third-order valence-electron chi connectivity index (χ3n) is 3.36. The molecular weight excluding hydrogens is 306 g/mol. The first-order valence-corrected chi connectivity index (χ1v) is 8.19. The van der Waals surface area contributed by atoms with Crippen LogP contribution in [0.4, 0.5) is 5.69 Å². The molecule has 2 N–H and O–H groups in total. The highest BCUT2D eigenvalue weighted by Crippen LogP contribution is 2.38. The zero-order valence-corrected chi connectivity index (χ0v) is 12.9. The van der Waals surface area contributed by atoms with Gasteiger partial charge in [-0.3, -0.25) is 4.79 Å². The van der Waals surface area contributed by atoms with E-state index >= 15 is 0 Å². The minimum absolute atomic E-state index is 0.139. The standard InChI is InChI=1S/C15H13NO3S2/c1-8-7-20-13(15(18)19)12(8)16-14(17)11-6-9-4-2-3-5-10(9)21-11/h2-5,7,11H,6H2,1H3,(H,16,17)(H,18,19). The Labute approximate surface area is 130 Å². The first-order chi connectivity index (χ1) is 10.1. The van der Waals surface area contributed by atoms with Crippen LogP contribution in [0.2, 0.25) is 0 Å². The van der Waals surface area contributed by atoms with E-state index < -0.39 is 5.97 Å². The number of rotatable bonds is 3. The zero-order chi connectivity index (χ0) is 15.0. The van der Waals surface area contributed by atoms with E-state index in [9.17, 15) is 9.59 Å². The second kappa shape index (κ2) is 5.54. The number of aromatic carboxylic acids is 1. The van der Waals surface area contributed by atoms with Crippen molar-refractivity contribution in [3.63, 3.8) is 0 Å². The average Bonchev–Trinajstić information content (AvgIpc) is 3.03. The molecule has 1 aliphatic heterocycles. The van der Waals surface area contributed by atoms with Crippen LogP contribution < -0.4 is 5.32 Å². The molecule has 0 spiro atoms. The molecule has 21 heavy (non-hydrogen) atoms. The molecule has 1 aromatic carbocycles. The highest BCUT2D eigenvalue weighted by molar-refractivity contribution is 8.01. The largest absolute Gasteiger partial charge is 0.477 e. The van der Waals surface area contributed by atoms with Crippen LogP contribution in [0, 0.1) is 6.92 Å². The number of anilines is 1. The molecule has 1 aromatic heterocycles. The van der Waals surface area contributed by atoms with E-state index in [0.29, 0.717) is 12.1 Å². The number of fused-ring (bicyclic) bond motifs is 1. The maximum absolute atomic E-state index is 12.4. The molecule has 0 aliphatic carbocycles. The van der Waals surface area contributed by atoms with Crippen LogP contribution in [-0.4, -0.2) is 22.2 Å². The van der Waals surface area contributed by atoms with Gasteiger partial charge in [-0.2, -0.15) is 0 Å². The summed E-state index contributed by atoms with van der Waals surface area (Å²) >= 11 is 2.67. The molecule has 1 unspecified atom stereocenters. The summed E-state index contributed by atoms with van der Waals surface area (Å²) in [6.07, 6.45) is 0.679. The third kappa shape index (κ3) is 2.69. The SMILES string of the molecule is Cc1csc(C(=O)O)c1NC(=O)C1Cc2ccccc2S1. The second-order valence-electron chi connectivity index (χ2n) is 4.84. The zero-order valence-electron chi connectivity index (χ0n) is 11.3. The van der Waals surface area contributed by atoms with Crippen LogP contribution in [0.1, 0.15) is 20.8 Å². The Morgan fingerprint density at radius 3 is 2.81 bits per heavy atom. The van der Waals surface area contributed by atoms with Crippen molar-refractivity contribution in [2.45, 2.75) is 23.5 Å². The highest BCUT2D eigenvalue weighted by atomic mass is 32.2. The van der Waals surface area contributed by atoms with Gasteiger partial charge >= 0.3 is 5.97 Å². The van der Waals surface area contributed by atoms with E-state index in [4.69, 9.17) is 5.11 Å². The number of nitrogens with one attached hydrogen (secondary N) is 1. The summed E-state index contributed by atoms with van der Waals surface area (Å²) in [5.41, 5.74) is 2.38. The number of carboxylic acids is 1. The molecule has 2 heterocycles. The van der Waals surface area contributed by atoms with Crippen LogP contribution in [0.3, 0.4) is 0 Å². The van der Waals surface area contributed by atoms with Crippen LogP contribution in [0.15, 0.2) is 34.5 Å². The van der Waals surface area contributed by atoms with Gasteiger partial charge in [0.1, 0.15) is 4.88 Å². The summed E-state index contributed by atoms with van der Waals surface area (Å²) in [5, 5.41) is 13.5. The van der Waals surface area contributed by atoms with E-state index in [1.165, 1.54) is 17.3 Å². The Balaban J connectivity index is 1.77. The van der Waals surface area contributed by atoms with Crippen molar-refractivity contribution in [3.8, 4) is 0 Å². The van der Waals surface area contributed by atoms with Crippen LogP contribution >= 0.6 is 23.1 Å². The lowest BCUT2D eigenvalue weighted by Gasteiger charge is -2.10. The van der Waals surface area contributed by atoms with Crippen LogP contribution in [0.5, 0.6) is 0 Å². The number of thiophene rings is 1. The van der Waals surface area contributed by atoms with Gasteiger partial charge in [-0.25, -0.2) is 4.79 Å². The minimum atomic E-state index is -1.01. The fourth-order valence-electron chi connectivity index (χ4n) is 2.29. The Hall–Kier alpha value is -1.79. The number of carbonyl (C=O) groups excluding carboxylic acids is 1. The number of carboxylic acid groups (broad SMARTS) is 1. The first-order valence-electron chi connectivity index (χ1n) is 6.43. The molecule has 108 valence electrons. The normalized spacial score (nSPS) is 16.5. The fourth-order valence-corrected chi connectivity index (χ4v) is 4.33. The summed E-state index contributed by atoms with van der Waals surface area (Å²) in [4.78, 5) is 24.9. The van der Waals surface area contributed by atoms with Crippen molar-refractivity contribution in [2.24, 2.45) is 0 Å². The maximum atomic E-state index is 12.4. The van der Waals surface area contributed by atoms with Gasteiger partial charge in [-0.05, 0) is 35.9 Å². The fraction of sp³-hybridized carbons (Fsp3) is 0.200. The molecule has 0 saturated heterocycles. The van der Waals surface area contributed by atoms with Crippen LogP contribution in [-0.2, 0) is 11.2 Å². The van der Waals surface area contributed by atoms with Gasteiger partial charge in [0.25, 0.3) is 0 Å². The minimum Gasteiger partial charge on any atom is -0.477 e. The summed E-state index contributed by atoms with van der Waals surface area (Å²) in [7, 11) is 0. The lowest BCUT2D eigenvalue weighted by molar-refractivity contribution is -0.115. The number of amides is 1. The smallest absolute Gasteiger partial charge is 0.348 e. The van der Waals surface area contributed by atoms with Gasteiger partial charge < -0.3 is 10.4 Å². The predicted octanol–water partition coefficient (Wildman–Crippen LogP) is 3.41. The van der Waals surface area contributed by atoms with Crippen LogP contribution in [0.25, 0.3) is 0 Å². The summed E-state index contributed by atoms with van der Waals surface area (Å²) < 4.78 is 0. The van der Waals surface area contributed by atoms with Gasteiger partial charge in [0, 0.05) is 4.90 Å². The molecule has 1 amide bonds.